The van der Waals surface area contributed by atoms with Crippen LogP contribution in [-0.4, -0.2) is 46.8 Å². The highest BCUT2D eigenvalue weighted by atomic mass is 19.1. The molecule has 1 saturated carbocycles. The Morgan fingerprint density at radius 3 is 2.52 bits per heavy atom. The zero-order chi connectivity index (χ0) is 22.0. The lowest BCUT2D eigenvalue weighted by Crippen LogP contribution is -2.52. The van der Waals surface area contributed by atoms with Gasteiger partial charge >= 0.3 is 0 Å². The summed E-state index contributed by atoms with van der Waals surface area (Å²) in [7, 11) is 1.85. The van der Waals surface area contributed by atoms with E-state index >= 15 is 0 Å². The molecule has 0 radical (unpaired) electrons. The van der Waals surface area contributed by atoms with E-state index in [4.69, 9.17) is 4.74 Å². The maximum absolute atomic E-state index is 14.1. The fourth-order valence-corrected chi connectivity index (χ4v) is 4.73. The van der Waals surface area contributed by atoms with Gasteiger partial charge in [0.05, 0.1) is 13.0 Å². The average molecular weight is 425 g/mol. The van der Waals surface area contributed by atoms with E-state index in [-0.39, 0.29) is 30.1 Å². The number of hydrogen-bond acceptors (Lipinski definition) is 3. The lowest BCUT2D eigenvalue weighted by atomic mass is 9.81. The standard InChI is InChI=1S/C25H29FN2O3/c1-18(29)27(2)21-11-13-25(14-12-21)17-28(16-20-8-4-6-10-23(20)31-25)24(30)15-19-7-3-5-9-22(19)26/h3-10,21H,11-17H2,1-2H3. The summed E-state index contributed by atoms with van der Waals surface area (Å²) in [6.07, 6.45) is 3.20. The van der Waals surface area contributed by atoms with Crippen molar-refractivity contribution < 1.29 is 18.7 Å². The van der Waals surface area contributed by atoms with E-state index < -0.39 is 5.60 Å². The van der Waals surface area contributed by atoms with E-state index in [0.717, 1.165) is 37.0 Å². The minimum absolute atomic E-state index is 0.0284. The largest absolute Gasteiger partial charge is 0.485 e. The fraction of sp³-hybridized carbons (Fsp3) is 0.440. The Morgan fingerprint density at radius 1 is 1.13 bits per heavy atom. The van der Waals surface area contributed by atoms with Crippen LogP contribution in [0.5, 0.6) is 5.75 Å². The van der Waals surface area contributed by atoms with Gasteiger partial charge in [0.25, 0.3) is 0 Å². The number of halogens is 1. The second-order valence-electron chi connectivity index (χ2n) is 8.77. The second kappa shape index (κ2) is 8.69. The zero-order valence-electron chi connectivity index (χ0n) is 18.1. The first-order valence-corrected chi connectivity index (χ1v) is 10.9. The maximum atomic E-state index is 14.1. The summed E-state index contributed by atoms with van der Waals surface area (Å²) >= 11 is 0. The Bertz CT molecular complexity index is 969. The van der Waals surface area contributed by atoms with Crippen molar-refractivity contribution >= 4 is 11.8 Å². The molecule has 0 atom stereocenters. The van der Waals surface area contributed by atoms with Gasteiger partial charge in [-0.2, -0.15) is 0 Å². The van der Waals surface area contributed by atoms with Crippen LogP contribution in [0.25, 0.3) is 0 Å². The van der Waals surface area contributed by atoms with Gasteiger partial charge in [-0.1, -0.05) is 36.4 Å². The third-order valence-electron chi connectivity index (χ3n) is 6.70. The van der Waals surface area contributed by atoms with Crippen molar-refractivity contribution in [2.24, 2.45) is 0 Å². The van der Waals surface area contributed by atoms with E-state index in [1.807, 2.05) is 36.2 Å². The quantitative estimate of drug-likeness (QED) is 0.750. The summed E-state index contributed by atoms with van der Waals surface area (Å²) in [5.41, 5.74) is 0.877. The Labute approximate surface area is 182 Å². The molecule has 1 fully saturated rings. The van der Waals surface area contributed by atoms with Gasteiger partial charge in [0, 0.05) is 32.1 Å². The van der Waals surface area contributed by atoms with Crippen LogP contribution < -0.4 is 4.74 Å². The van der Waals surface area contributed by atoms with Crippen LogP contribution in [0.3, 0.4) is 0 Å². The molecule has 164 valence electrons. The Kier molecular flexibility index (Phi) is 5.99. The van der Waals surface area contributed by atoms with Crippen LogP contribution in [-0.2, 0) is 22.6 Å². The molecule has 1 spiro atoms. The predicted molar refractivity (Wildman–Crippen MR) is 116 cm³/mol. The molecule has 0 aromatic heterocycles. The Hall–Kier alpha value is -2.89. The van der Waals surface area contributed by atoms with E-state index in [0.29, 0.717) is 18.7 Å². The summed E-state index contributed by atoms with van der Waals surface area (Å²) < 4.78 is 20.7. The summed E-state index contributed by atoms with van der Waals surface area (Å²) in [6, 6.07) is 14.4. The molecule has 0 N–H and O–H groups in total. The number of para-hydroxylation sites is 1. The highest BCUT2D eigenvalue weighted by Crippen LogP contribution is 2.39. The summed E-state index contributed by atoms with van der Waals surface area (Å²) in [5, 5.41) is 0. The summed E-state index contributed by atoms with van der Waals surface area (Å²) in [5.74, 6) is 0.411. The number of hydrogen-bond donors (Lipinski definition) is 0. The smallest absolute Gasteiger partial charge is 0.227 e. The molecule has 2 amide bonds. The van der Waals surface area contributed by atoms with Crippen molar-refractivity contribution in [3.8, 4) is 5.75 Å². The molecule has 1 heterocycles. The molecule has 31 heavy (non-hydrogen) atoms. The first kappa shape index (κ1) is 21.3. The number of rotatable bonds is 3. The molecule has 0 unspecified atom stereocenters. The molecule has 1 aliphatic carbocycles. The average Bonchev–Trinajstić information content (AvgIpc) is 2.92. The molecule has 1 aliphatic heterocycles. The fourth-order valence-electron chi connectivity index (χ4n) is 4.73. The van der Waals surface area contributed by atoms with Crippen molar-refractivity contribution in [1.82, 2.24) is 9.80 Å². The van der Waals surface area contributed by atoms with Gasteiger partial charge in [-0.3, -0.25) is 9.59 Å². The normalized spacial score (nSPS) is 22.9. The molecule has 6 heteroatoms. The van der Waals surface area contributed by atoms with Gasteiger partial charge in [0.2, 0.25) is 11.8 Å². The lowest BCUT2D eigenvalue weighted by Gasteiger charge is -2.43. The van der Waals surface area contributed by atoms with Gasteiger partial charge in [0.1, 0.15) is 17.2 Å². The highest BCUT2D eigenvalue weighted by molar-refractivity contribution is 5.79. The van der Waals surface area contributed by atoms with E-state index in [1.165, 1.54) is 6.07 Å². The monoisotopic (exact) mass is 424 g/mol. The van der Waals surface area contributed by atoms with Gasteiger partial charge in [-0.25, -0.2) is 4.39 Å². The van der Waals surface area contributed by atoms with Crippen LogP contribution >= 0.6 is 0 Å². The zero-order valence-corrected chi connectivity index (χ0v) is 18.1. The van der Waals surface area contributed by atoms with Crippen LogP contribution in [0.15, 0.2) is 48.5 Å². The van der Waals surface area contributed by atoms with Crippen molar-refractivity contribution in [2.45, 2.75) is 57.2 Å². The minimum Gasteiger partial charge on any atom is -0.485 e. The van der Waals surface area contributed by atoms with Gasteiger partial charge < -0.3 is 14.5 Å². The van der Waals surface area contributed by atoms with Gasteiger partial charge in [0.15, 0.2) is 0 Å². The third-order valence-corrected chi connectivity index (χ3v) is 6.70. The number of fused-ring (bicyclic) bond motifs is 1. The van der Waals surface area contributed by atoms with Gasteiger partial charge in [-0.05, 0) is 43.4 Å². The summed E-state index contributed by atoms with van der Waals surface area (Å²) in [6.45, 7) is 2.50. The lowest BCUT2D eigenvalue weighted by molar-refractivity contribution is -0.135. The van der Waals surface area contributed by atoms with Crippen molar-refractivity contribution in [3.05, 3.63) is 65.5 Å². The van der Waals surface area contributed by atoms with E-state index in [9.17, 15) is 14.0 Å². The second-order valence-corrected chi connectivity index (χ2v) is 8.77. The minimum atomic E-state index is -0.494. The molecule has 2 aliphatic rings. The summed E-state index contributed by atoms with van der Waals surface area (Å²) in [4.78, 5) is 28.6. The Balaban J connectivity index is 1.57. The van der Waals surface area contributed by atoms with Crippen molar-refractivity contribution in [2.75, 3.05) is 13.6 Å². The number of nitrogens with zero attached hydrogens (tertiary/aromatic N) is 2. The predicted octanol–water partition coefficient (Wildman–Crippen LogP) is 3.95. The van der Waals surface area contributed by atoms with Crippen LogP contribution in [0, 0.1) is 5.82 Å². The first-order valence-electron chi connectivity index (χ1n) is 10.9. The third kappa shape index (κ3) is 4.58. The molecule has 2 aromatic carbocycles. The number of ether oxygens (including phenoxy) is 1. The maximum Gasteiger partial charge on any atom is 0.227 e. The molecular formula is C25H29FN2O3. The van der Waals surface area contributed by atoms with Gasteiger partial charge in [-0.15, -0.1) is 0 Å². The number of carbonyl (C=O) groups is 2. The SMILES string of the molecule is CC(=O)N(C)C1CCC2(CC1)CN(C(=O)Cc1ccccc1F)Cc1ccccc1O2. The Morgan fingerprint density at radius 2 is 1.81 bits per heavy atom. The van der Waals surface area contributed by atoms with Crippen LogP contribution in [0.2, 0.25) is 0 Å². The number of carbonyl (C=O) groups excluding carboxylic acids is 2. The van der Waals surface area contributed by atoms with Crippen LogP contribution in [0.1, 0.15) is 43.7 Å². The highest BCUT2D eigenvalue weighted by Gasteiger charge is 2.43. The topological polar surface area (TPSA) is 49.9 Å². The van der Waals surface area contributed by atoms with Crippen molar-refractivity contribution in [1.29, 1.82) is 0 Å². The number of amides is 2. The molecular weight excluding hydrogens is 395 g/mol. The molecule has 2 aromatic rings. The molecule has 0 bridgehead atoms. The molecule has 0 saturated heterocycles. The molecule has 5 nitrogen and oxygen atoms in total. The van der Waals surface area contributed by atoms with Crippen LogP contribution in [0.4, 0.5) is 4.39 Å². The van der Waals surface area contributed by atoms with Crippen molar-refractivity contribution in [3.63, 3.8) is 0 Å². The number of benzene rings is 2. The van der Waals surface area contributed by atoms with E-state index in [2.05, 4.69) is 0 Å². The molecule has 4 rings (SSSR count). The van der Waals surface area contributed by atoms with E-state index in [1.54, 1.807) is 30.0 Å². The first-order chi connectivity index (χ1) is 14.9.